The first-order valence-corrected chi connectivity index (χ1v) is 7.69. The minimum atomic E-state index is -0.235. The molecule has 0 spiro atoms. The van der Waals surface area contributed by atoms with Crippen molar-refractivity contribution < 1.29 is 4.39 Å². The molecule has 0 bridgehead atoms. The maximum atomic E-state index is 13.9. The molecule has 2 rings (SSSR count). The number of aryl methyl sites for hydroxylation is 1. The van der Waals surface area contributed by atoms with Gasteiger partial charge in [0, 0.05) is 16.1 Å². The number of hydrogen-bond donors (Lipinski definition) is 1. The van der Waals surface area contributed by atoms with E-state index in [2.05, 4.69) is 11.4 Å². The topological polar surface area (TPSA) is 12.0 Å². The smallest absolute Gasteiger partial charge is 0.126 e. The van der Waals surface area contributed by atoms with Crippen molar-refractivity contribution in [3.63, 3.8) is 0 Å². The molecule has 1 N–H and O–H groups in total. The van der Waals surface area contributed by atoms with Crippen LogP contribution in [0.3, 0.4) is 0 Å². The Morgan fingerprint density at radius 2 is 1.86 bits per heavy atom. The van der Waals surface area contributed by atoms with Crippen molar-refractivity contribution in [2.75, 3.05) is 6.54 Å². The van der Waals surface area contributed by atoms with Gasteiger partial charge in [-0.2, -0.15) is 0 Å². The van der Waals surface area contributed by atoms with E-state index >= 15 is 0 Å². The van der Waals surface area contributed by atoms with Crippen LogP contribution in [0.1, 0.15) is 29.7 Å². The minimum absolute atomic E-state index is 0.000340. The summed E-state index contributed by atoms with van der Waals surface area (Å²) in [5.41, 5.74) is 2.75. The van der Waals surface area contributed by atoms with Crippen molar-refractivity contribution in [1.29, 1.82) is 0 Å². The van der Waals surface area contributed by atoms with Gasteiger partial charge in [0.1, 0.15) is 5.82 Å². The van der Waals surface area contributed by atoms with Crippen LogP contribution in [0.2, 0.25) is 10.0 Å². The quantitative estimate of drug-likeness (QED) is 0.782. The summed E-state index contributed by atoms with van der Waals surface area (Å²) in [6.45, 7) is 4.81. The fourth-order valence-corrected chi connectivity index (χ4v) is 2.93. The lowest BCUT2D eigenvalue weighted by molar-refractivity contribution is 0.528. The van der Waals surface area contributed by atoms with Crippen LogP contribution in [0.4, 0.5) is 4.39 Å². The summed E-state index contributed by atoms with van der Waals surface area (Å²) in [5, 5.41) is 4.62. The number of halogens is 3. The van der Waals surface area contributed by atoms with Crippen LogP contribution < -0.4 is 5.32 Å². The second kappa shape index (κ2) is 7.26. The van der Waals surface area contributed by atoms with E-state index in [4.69, 9.17) is 23.2 Å². The predicted molar refractivity (Wildman–Crippen MR) is 87.7 cm³/mol. The third-order valence-corrected chi connectivity index (χ3v) is 3.80. The van der Waals surface area contributed by atoms with Crippen molar-refractivity contribution in [2.45, 2.75) is 26.3 Å². The molecule has 0 heterocycles. The highest BCUT2D eigenvalue weighted by Gasteiger charge is 2.15. The molecule has 2 aromatic rings. The number of hydrogen-bond acceptors (Lipinski definition) is 1. The molecule has 2 aromatic carbocycles. The van der Waals surface area contributed by atoms with Crippen LogP contribution in [-0.4, -0.2) is 6.54 Å². The van der Waals surface area contributed by atoms with Crippen molar-refractivity contribution in [3.05, 3.63) is 69.0 Å². The van der Waals surface area contributed by atoms with Gasteiger partial charge in [0.2, 0.25) is 0 Å². The average Bonchev–Trinajstić information content (AvgIpc) is 2.41. The summed E-state index contributed by atoms with van der Waals surface area (Å²) in [4.78, 5) is 0. The first-order chi connectivity index (χ1) is 9.99. The van der Waals surface area contributed by atoms with Gasteiger partial charge in [0.15, 0.2) is 0 Å². The first kappa shape index (κ1) is 16.3. The molecule has 0 amide bonds. The van der Waals surface area contributed by atoms with Crippen molar-refractivity contribution in [2.24, 2.45) is 0 Å². The Labute approximate surface area is 135 Å². The average molecular weight is 326 g/mol. The summed E-state index contributed by atoms with van der Waals surface area (Å²) < 4.78 is 13.9. The molecule has 0 aliphatic rings. The zero-order valence-corrected chi connectivity index (χ0v) is 13.6. The largest absolute Gasteiger partial charge is 0.310 e. The maximum absolute atomic E-state index is 13.9. The van der Waals surface area contributed by atoms with Crippen LogP contribution in [0, 0.1) is 12.7 Å². The van der Waals surface area contributed by atoms with E-state index in [1.54, 1.807) is 12.1 Å². The Morgan fingerprint density at radius 1 is 1.10 bits per heavy atom. The zero-order valence-electron chi connectivity index (χ0n) is 12.1. The molecule has 0 radical (unpaired) electrons. The molecule has 0 aromatic heterocycles. The molecule has 0 aliphatic heterocycles. The van der Waals surface area contributed by atoms with E-state index in [-0.39, 0.29) is 11.9 Å². The highest BCUT2D eigenvalue weighted by atomic mass is 35.5. The molecule has 0 aliphatic carbocycles. The van der Waals surface area contributed by atoms with Gasteiger partial charge in [0.25, 0.3) is 0 Å². The Morgan fingerprint density at radius 3 is 2.52 bits per heavy atom. The van der Waals surface area contributed by atoms with E-state index in [1.807, 2.05) is 26.0 Å². The summed E-state index contributed by atoms with van der Waals surface area (Å²) >= 11 is 12.1. The first-order valence-electron chi connectivity index (χ1n) is 6.94. The van der Waals surface area contributed by atoms with Crippen molar-refractivity contribution in [3.8, 4) is 0 Å². The third kappa shape index (κ3) is 4.44. The fourth-order valence-electron chi connectivity index (χ4n) is 2.44. The molecular formula is C17H18Cl2FN. The van der Waals surface area contributed by atoms with Crippen LogP contribution >= 0.6 is 23.2 Å². The van der Waals surface area contributed by atoms with Crippen LogP contribution in [0.25, 0.3) is 0 Å². The lowest BCUT2D eigenvalue weighted by Crippen LogP contribution is -2.23. The SMILES string of the molecule is CCNC(Cc1cc(Cl)ccc1F)c1cc(C)cc(Cl)c1. The molecule has 1 atom stereocenters. The van der Waals surface area contributed by atoms with E-state index in [0.29, 0.717) is 22.0 Å². The van der Waals surface area contributed by atoms with Gasteiger partial charge in [-0.15, -0.1) is 0 Å². The Bertz CT molecular complexity index is 608. The van der Waals surface area contributed by atoms with E-state index in [9.17, 15) is 4.39 Å². The molecule has 0 saturated heterocycles. The second-order valence-corrected chi connectivity index (χ2v) is 5.98. The highest BCUT2D eigenvalue weighted by molar-refractivity contribution is 6.31. The molecule has 0 saturated carbocycles. The lowest BCUT2D eigenvalue weighted by atomic mass is 9.97. The van der Waals surface area contributed by atoms with E-state index < -0.39 is 0 Å². The van der Waals surface area contributed by atoms with Crippen molar-refractivity contribution >= 4 is 23.2 Å². The molecule has 4 heteroatoms. The number of rotatable bonds is 5. The maximum Gasteiger partial charge on any atom is 0.126 e. The number of likely N-dealkylation sites (N-methyl/N-ethyl adjacent to an activating group) is 1. The summed E-state index contributed by atoms with van der Waals surface area (Å²) in [6.07, 6.45) is 0.528. The zero-order chi connectivity index (χ0) is 15.4. The molecule has 21 heavy (non-hydrogen) atoms. The van der Waals surface area contributed by atoms with Gasteiger partial charge in [-0.05, 0) is 66.9 Å². The standard InChI is InChI=1S/C17H18Cl2FN/c1-3-21-17(13-6-11(2)7-15(19)9-13)10-12-8-14(18)4-5-16(12)20/h4-9,17,21H,3,10H2,1-2H3. The molecule has 1 unspecified atom stereocenters. The van der Waals surface area contributed by atoms with Crippen LogP contribution in [-0.2, 0) is 6.42 Å². The normalized spacial score (nSPS) is 12.4. The predicted octanol–water partition coefficient (Wildman–Crippen LogP) is 5.33. The van der Waals surface area contributed by atoms with Gasteiger partial charge in [-0.1, -0.05) is 36.2 Å². The van der Waals surface area contributed by atoms with Crippen LogP contribution in [0.15, 0.2) is 36.4 Å². The summed E-state index contributed by atoms with van der Waals surface area (Å²) in [7, 11) is 0. The third-order valence-electron chi connectivity index (χ3n) is 3.35. The molecule has 112 valence electrons. The van der Waals surface area contributed by atoms with Gasteiger partial charge >= 0.3 is 0 Å². The lowest BCUT2D eigenvalue weighted by Gasteiger charge is -2.20. The van der Waals surface area contributed by atoms with Gasteiger partial charge in [-0.25, -0.2) is 4.39 Å². The fraction of sp³-hybridized carbons (Fsp3) is 0.294. The number of benzene rings is 2. The number of nitrogens with one attached hydrogen (secondary N) is 1. The molecule has 1 nitrogen and oxygen atoms in total. The summed E-state index contributed by atoms with van der Waals surface area (Å²) in [5.74, 6) is -0.235. The minimum Gasteiger partial charge on any atom is -0.310 e. The Kier molecular flexibility index (Phi) is 5.63. The second-order valence-electron chi connectivity index (χ2n) is 5.11. The monoisotopic (exact) mass is 325 g/mol. The molecule has 0 fully saturated rings. The van der Waals surface area contributed by atoms with Gasteiger partial charge < -0.3 is 5.32 Å². The van der Waals surface area contributed by atoms with Crippen LogP contribution in [0.5, 0.6) is 0 Å². The Balaban J connectivity index is 2.32. The van der Waals surface area contributed by atoms with Crippen molar-refractivity contribution in [1.82, 2.24) is 5.32 Å². The van der Waals surface area contributed by atoms with E-state index in [0.717, 1.165) is 17.7 Å². The summed E-state index contributed by atoms with van der Waals surface area (Å²) in [6, 6.07) is 10.6. The Hall–Kier alpha value is -1.09. The van der Waals surface area contributed by atoms with E-state index in [1.165, 1.54) is 6.07 Å². The van der Waals surface area contributed by atoms with Gasteiger partial charge in [-0.3, -0.25) is 0 Å². The van der Waals surface area contributed by atoms with Gasteiger partial charge in [0.05, 0.1) is 0 Å². The highest BCUT2D eigenvalue weighted by Crippen LogP contribution is 2.25. The molecular weight excluding hydrogens is 308 g/mol.